The maximum absolute atomic E-state index is 12.5. The van der Waals surface area contributed by atoms with Crippen LogP contribution in [0, 0.1) is 6.92 Å². The van der Waals surface area contributed by atoms with Gasteiger partial charge in [0.2, 0.25) is 0 Å². The fraction of sp³-hybridized carbons (Fsp3) is 0.158. The molecule has 0 atom stereocenters. The van der Waals surface area contributed by atoms with Crippen LogP contribution in [0.3, 0.4) is 0 Å². The second-order valence-corrected chi connectivity index (χ2v) is 7.48. The average Bonchev–Trinajstić information content (AvgIpc) is 3.01. The SMILES string of the molecule is COc1ccc(-c2nc(NC(=O)c3ccccc3Br)sc2C)c(OC)c1. The average molecular weight is 433 g/mol. The molecule has 0 saturated heterocycles. The van der Waals surface area contributed by atoms with Crippen LogP contribution >= 0.6 is 27.3 Å². The number of carbonyl (C=O) groups is 1. The Morgan fingerprint density at radius 1 is 1.15 bits per heavy atom. The van der Waals surface area contributed by atoms with Crippen molar-refractivity contribution < 1.29 is 14.3 Å². The quantitative estimate of drug-likeness (QED) is 0.605. The van der Waals surface area contributed by atoms with E-state index in [4.69, 9.17) is 9.47 Å². The second kappa shape index (κ2) is 7.88. The van der Waals surface area contributed by atoms with Gasteiger partial charge in [0.05, 0.1) is 25.5 Å². The summed E-state index contributed by atoms with van der Waals surface area (Å²) in [6.07, 6.45) is 0. The van der Waals surface area contributed by atoms with Crippen LogP contribution in [0.5, 0.6) is 11.5 Å². The van der Waals surface area contributed by atoms with Crippen molar-refractivity contribution in [2.45, 2.75) is 6.92 Å². The molecule has 0 aliphatic carbocycles. The molecule has 1 N–H and O–H groups in total. The van der Waals surface area contributed by atoms with Gasteiger partial charge >= 0.3 is 0 Å². The van der Waals surface area contributed by atoms with E-state index in [2.05, 4.69) is 26.2 Å². The first-order chi connectivity index (χ1) is 12.5. The molecule has 0 saturated carbocycles. The standard InChI is InChI=1S/C19H17BrN2O3S/c1-11-17(14-9-8-12(24-2)10-16(14)25-3)21-19(26-11)22-18(23)13-6-4-5-7-15(13)20/h4-10H,1-3H3,(H,21,22,23). The molecule has 0 fully saturated rings. The summed E-state index contributed by atoms with van der Waals surface area (Å²) >= 11 is 4.81. The summed E-state index contributed by atoms with van der Waals surface area (Å²) in [5.74, 6) is 1.17. The number of aryl methyl sites for hydroxylation is 1. The van der Waals surface area contributed by atoms with Crippen molar-refractivity contribution in [3.8, 4) is 22.8 Å². The highest BCUT2D eigenvalue weighted by Crippen LogP contribution is 2.37. The number of amides is 1. The van der Waals surface area contributed by atoms with Crippen LogP contribution in [-0.4, -0.2) is 25.1 Å². The Labute approximate surface area is 164 Å². The van der Waals surface area contributed by atoms with Crippen LogP contribution in [-0.2, 0) is 0 Å². The molecule has 0 spiro atoms. The maximum Gasteiger partial charge on any atom is 0.258 e. The minimum atomic E-state index is -0.209. The van der Waals surface area contributed by atoms with Gasteiger partial charge in [0.1, 0.15) is 11.5 Å². The molecule has 3 rings (SSSR count). The van der Waals surface area contributed by atoms with Crippen LogP contribution in [0.2, 0.25) is 0 Å². The number of hydrogen-bond donors (Lipinski definition) is 1. The normalized spacial score (nSPS) is 10.5. The summed E-state index contributed by atoms with van der Waals surface area (Å²) in [7, 11) is 3.22. The van der Waals surface area contributed by atoms with Crippen molar-refractivity contribution in [1.29, 1.82) is 0 Å². The number of halogens is 1. The van der Waals surface area contributed by atoms with E-state index >= 15 is 0 Å². The molecule has 134 valence electrons. The summed E-state index contributed by atoms with van der Waals surface area (Å²) in [5.41, 5.74) is 2.18. The minimum absolute atomic E-state index is 0.209. The highest BCUT2D eigenvalue weighted by atomic mass is 79.9. The third-order valence-corrected chi connectivity index (χ3v) is 5.38. The Morgan fingerprint density at radius 3 is 2.62 bits per heavy atom. The maximum atomic E-state index is 12.5. The number of rotatable bonds is 5. The van der Waals surface area contributed by atoms with Crippen molar-refractivity contribution in [1.82, 2.24) is 4.98 Å². The Morgan fingerprint density at radius 2 is 1.92 bits per heavy atom. The Kier molecular flexibility index (Phi) is 5.58. The van der Waals surface area contributed by atoms with Gasteiger partial charge in [-0.25, -0.2) is 4.98 Å². The lowest BCUT2D eigenvalue weighted by molar-refractivity contribution is 0.102. The van der Waals surface area contributed by atoms with Gasteiger partial charge in [0.15, 0.2) is 5.13 Å². The van der Waals surface area contributed by atoms with E-state index in [0.717, 1.165) is 20.6 Å². The molecular formula is C19H17BrN2O3S. The third-order valence-electron chi connectivity index (χ3n) is 3.80. The van der Waals surface area contributed by atoms with E-state index in [1.807, 2.05) is 43.3 Å². The smallest absolute Gasteiger partial charge is 0.258 e. The monoisotopic (exact) mass is 432 g/mol. The van der Waals surface area contributed by atoms with E-state index in [0.29, 0.717) is 22.2 Å². The van der Waals surface area contributed by atoms with Crippen LogP contribution in [0.25, 0.3) is 11.3 Å². The summed E-state index contributed by atoms with van der Waals surface area (Å²) in [4.78, 5) is 18.1. The first-order valence-electron chi connectivity index (χ1n) is 7.79. The van der Waals surface area contributed by atoms with Crippen molar-refractivity contribution in [3.05, 3.63) is 57.4 Å². The molecule has 1 aromatic heterocycles. The highest BCUT2D eigenvalue weighted by molar-refractivity contribution is 9.10. The van der Waals surface area contributed by atoms with E-state index < -0.39 is 0 Å². The van der Waals surface area contributed by atoms with E-state index in [1.54, 1.807) is 20.3 Å². The number of hydrogen-bond acceptors (Lipinski definition) is 5. The van der Waals surface area contributed by atoms with Crippen LogP contribution in [0.4, 0.5) is 5.13 Å². The zero-order valence-corrected chi connectivity index (χ0v) is 16.9. The molecule has 0 unspecified atom stereocenters. The van der Waals surface area contributed by atoms with Gasteiger partial charge in [-0.1, -0.05) is 12.1 Å². The molecular weight excluding hydrogens is 416 g/mol. The highest BCUT2D eigenvalue weighted by Gasteiger charge is 2.17. The molecule has 1 heterocycles. The number of thiazole rings is 1. The van der Waals surface area contributed by atoms with Gasteiger partial charge in [-0.15, -0.1) is 11.3 Å². The lowest BCUT2D eigenvalue weighted by Crippen LogP contribution is -2.12. The molecule has 0 bridgehead atoms. The number of methoxy groups -OCH3 is 2. The molecule has 0 aliphatic heterocycles. The van der Waals surface area contributed by atoms with Crippen molar-refractivity contribution in [2.75, 3.05) is 19.5 Å². The predicted molar refractivity (Wildman–Crippen MR) is 107 cm³/mol. The first-order valence-corrected chi connectivity index (χ1v) is 9.40. The number of benzene rings is 2. The largest absolute Gasteiger partial charge is 0.497 e. The van der Waals surface area contributed by atoms with Crippen molar-refractivity contribution in [2.24, 2.45) is 0 Å². The van der Waals surface area contributed by atoms with E-state index in [1.165, 1.54) is 11.3 Å². The lowest BCUT2D eigenvalue weighted by atomic mass is 10.1. The van der Waals surface area contributed by atoms with Gasteiger partial charge in [-0.2, -0.15) is 0 Å². The van der Waals surface area contributed by atoms with Gasteiger partial charge in [-0.3, -0.25) is 10.1 Å². The first kappa shape index (κ1) is 18.4. The van der Waals surface area contributed by atoms with E-state index in [9.17, 15) is 4.79 Å². The van der Waals surface area contributed by atoms with E-state index in [-0.39, 0.29) is 5.91 Å². The summed E-state index contributed by atoms with van der Waals surface area (Å²) < 4.78 is 11.4. The van der Waals surface area contributed by atoms with Crippen molar-refractivity contribution in [3.63, 3.8) is 0 Å². The molecule has 7 heteroatoms. The molecule has 5 nitrogen and oxygen atoms in total. The van der Waals surface area contributed by atoms with Crippen LogP contribution in [0.1, 0.15) is 15.2 Å². The molecule has 2 aromatic carbocycles. The minimum Gasteiger partial charge on any atom is -0.497 e. The number of nitrogens with zero attached hydrogens (tertiary/aromatic N) is 1. The Balaban J connectivity index is 1.91. The number of carbonyl (C=O) groups excluding carboxylic acids is 1. The number of anilines is 1. The molecule has 1 amide bonds. The number of nitrogens with one attached hydrogen (secondary N) is 1. The van der Waals surface area contributed by atoms with Gasteiger partial charge in [0, 0.05) is 21.0 Å². The van der Waals surface area contributed by atoms with Crippen LogP contribution in [0.15, 0.2) is 46.9 Å². The summed E-state index contributed by atoms with van der Waals surface area (Å²) in [6.45, 7) is 1.96. The predicted octanol–water partition coefficient (Wildman–Crippen LogP) is 5.15. The summed E-state index contributed by atoms with van der Waals surface area (Å²) in [6, 6.07) is 12.8. The molecule has 0 aliphatic rings. The number of aromatic nitrogens is 1. The zero-order chi connectivity index (χ0) is 18.7. The van der Waals surface area contributed by atoms with Gasteiger partial charge in [0.25, 0.3) is 5.91 Å². The molecule has 0 radical (unpaired) electrons. The topological polar surface area (TPSA) is 60.5 Å². The fourth-order valence-corrected chi connectivity index (χ4v) is 3.79. The fourth-order valence-electron chi connectivity index (χ4n) is 2.50. The Hall–Kier alpha value is -2.38. The van der Waals surface area contributed by atoms with Gasteiger partial charge in [-0.05, 0) is 47.1 Å². The second-order valence-electron chi connectivity index (χ2n) is 5.42. The molecule has 26 heavy (non-hydrogen) atoms. The van der Waals surface area contributed by atoms with Gasteiger partial charge < -0.3 is 9.47 Å². The lowest BCUT2D eigenvalue weighted by Gasteiger charge is -2.09. The van der Waals surface area contributed by atoms with Crippen LogP contribution < -0.4 is 14.8 Å². The number of ether oxygens (including phenoxy) is 2. The van der Waals surface area contributed by atoms with Crippen molar-refractivity contribution >= 4 is 38.3 Å². The third kappa shape index (κ3) is 3.73. The summed E-state index contributed by atoms with van der Waals surface area (Å²) in [5, 5.41) is 3.40. The zero-order valence-electron chi connectivity index (χ0n) is 14.5. The molecule has 3 aromatic rings. The Bertz CT molecular complexity index is 956.